The molecule has 0 saturated carbocycles. The zero-order valence-electron chi connectivity index (χ0n) is 20.4. The third-order valence-corrected chi connectivity index (χ3v) is 6.40. The smallest absolute Gasteiger partial charge is 0.227 e. The minimum absolute atomic E-state index is 0.0733. The van der Waals surface area contributed by atoms with Crippen LogP contribution < -0.4 is 5.32 Å². The van der Waals surface area contributed by atoms with E-state index < -0.39 is 0 Å². The first kappa shape index (κ1) is 23.0. The van der Waals surface area contributed by atoms with Gasteiger partial charge in [0.15, 0.2) is 5.65 Å². The van der Waals surface area contributed by atoms with Gasteiger partial charge in [-0.3, -0.25) is 10.1 Å². The molecule has 8 heteroatoms. The molecule has 0 radical (unpaired) electrons. The Labute approximate surface area is 203 Å². The third kappa shape index (κ3) is 4.49. The van der Waals surface area contributed by atoms with Crippen LogP contribution in [0.5, 0.6) is 0 Å². The molecule has 5 aromatic rings. The zero-order valence-corrected chi connectivity index (χ0v) is 20.4. The van der Waals surface area contributed by atoms with Crippen molar-refractivity contribution >= 4 is 39.4 Å². The molecule has 0 atom stereocenters. The van der Waals surface area contributed by atoms with Gasteiger partial charge >= 0.3 is 0 Å². The number of carbonyl (C=O) groups is 1. The molecule has 0 aliphatic heterocycles. The second kappa shape index (κ2) is 9.84. The summed E-state index contributed by atoms with van der Waals surface area (Å²) in [6.45, 7) is 8.12. The molecule has 0 fully saturated rings. The lowest BCUT2D eigenvalue weighted by molar-refractivity contribution is -0.116. The Morgan fingerprint density at radius 1 is 1.03 bits per heavy atom. The second-order valence-electron chi connectivity index (χ2n) is 8.69. The number of imidazole rings is 1. The van der Waals surface area contributed by atoms with Crippen LogP contribution in [0.3, 0.4) is 0 Å². The highest BCUT2D eigenvalue weighted by atomic mass is 16.5. The first-order valence-electron chi connectivity index (χ1n) is 12.1. The van der Waals surface area contributed by atoms with Crippen LogP contribution in [-0.4, -0.2) is 43.3 Å². The molecule has 0 spiro atoms. The summed E-state index contributed by atoms with van der Waals surface area (Å²) in [6, 6.07) is 15.9. The molecular formula is C27H30N6O2. The number of para-hydroxylation sites is 2. The van der Waals surface area contributed by atoms with E-state index in [1.807, 2.05) is 73.8 Å². The Morgan fingerprint density at radius 2 is 1.80 bits per heavy atom. The highest BCUT2D eigenvalue weighted by Gasteiger charge is 2.17. The van der Waals surface area contributed by atoms with Crippen molar-refractivity contribution in [1.29, 1.82) is 0 Å². The van der Waals surface area contributed by atoms with Crippen molar-refractivity contribution < 1.29 is 9.53 Å². The third-order valence-electron chi connectivity index (χ3n) is 6.40. The lowest BCUT2D eigenvalue weighted by Gasteiger charge is -2.12. The lowest BCUT2D eigenvalue weighted by Crippen LogP contribution is -2.18. The van der Waals surface area contributed by atoms with Gasteiger partial charge in [0, 0.05) is 43.0 Å². The van der Waals surface area contributed by atoms with Crippen molar-refractivity contribution in [1.82, 2.24) is 24.1 Å². The molecule has 0 saturated heterocycles. The fraction of sp³-hybridized carbons (Fsp3) is 0.333. The van der Waals surface area contributed by atoms with Crippen LogP contribution in [-0.2, 0) is 22.5 Å². The predicted octanol–water partition coefficient (Wildman–Crippen LogP) is 4.85. The molecule has 2 aromatic carbocycles. The Hall–Kier alpha value is -3.78. The molecule has 0 aliphatic rings. The van der Waals surface area contributed by atoms with Gasteiger partial charge in [-0.25, -0.2) is 14.5 Å². The molecular weight excluding hydrogens is 440 g/mol. The Balaban J connectivity index is 1.34. The molecule has 0 aliphatic carbocycles. The molecule has 180 valence electrons. The normalized spacial score (nSPS) is 11.6. The zero-order chi connectivity index (χ0) is 24.4. The standard InChI is InChI=1S/C27H30N6O2/c1-4-35-17-9-16-32-24-13-8-7-12-23(24)29-27(32)30-25(34)15-14-20-18(2)28-26-21-10-5-6-11-22(21)31-33(26)19(20)3/h5-8,10-13H,4,9,14-17H2,1-3H3,(H,29,30,34). The summed E-state index contributed by atoms with van der Waals surface area (Å²) in [5, 5.41) is 8.79. The number of rotatable bonds is 9. The number of nitrogens with zero attached hydrogens (tertiary/aromatic N) is 5. The van der Waals surface area contributed by atoms with Crippen LogP contribution in [0.15, 0.2) is 48.5 Å². The van der Waals surface area contributed by atoms with E-state index >= 15 is 0 Å². The number of nitrogens with one attached hydrogen (secondary N) is 1. The second-order valence-corrected chi connectivity index (χ2v) is 8.69. The van der Waals surface area contributed by atoms with Crippen molar-refractivity contribution in [2.45, 2.75) is 46.6 Å². The van der Waals surface area contributed by atoms with E-state index in [0.717, 1.165) is 57.5 Å². The number of aromatic nitrogens is 5. The van der Waals surface area contributed by atoms with Crippen LogP contribution in [0.25, 0.3) is 27.6 Å². The van der Waals surface area contributed by atoms with Crippen molar-refractivity contribution in [3.8, 4) is 0 Å². The molecule has 3 heterocycles. The average molecular weight is 471 g/mol. The fourth-order valence-corrected chi connectivity index (χ4v) is 4.63. The van der Waals surface area contributed by atoms with E-state index in [-0.39, 0.29) is 5.91 Å². The van der Waals surface area contributed by atoms with Gasteiger partial charge in [0.05, 0.1) is 16.6 Å². The number of fused-ring (bicyclic) bond motifs is 4. The number of carbonyl (C=O) groups excluding carboxylic acids is 1. The van der Waals surface area contributed by atoms with E-state index in [4.69, 9.17) is 14.8 Å². The van der Waals surface area contributed by atoms with Crippen LogP contribution in [0, 0.1) is 13.8 Å². The van der Waals surface area contributed by atoms with E-state index in [2.05, 4.69) is 14.9 Å². The fourth-order valence-electron chi connectivity index (χ4n) is 4.63. The quantitative estimate of drug-likeness (QED) is 0.311. The number of anilines is 1. The maximum absolute atomic E-state index is 13.0. The van der Waals surface area contributed by atoms with Crippen molar-refractivity contribution in [3.63, 3.8) is 0 Å². The molecule has 0 unspecified atom stereocenters. The van der Waals surface area contributed by atoms with Gasteiger partial charge in [-0.05, 0) is 63.4 Å². The van der Waals surface area contributed by atoms with Gasteiger partial charge < -0.3 is 9.30 Å². The number of hydrogen-bond acceptors (Lipinski definition) is 5. The van der Waals surface area contributed by atoms with E-state index in [0.29, 0.717) is 32.0 Å². The SMILES string of the molecule is CCOCCCn1c(NC(=O)CCc2c(C)nc3c4ccccc4nn3c2C)nc2ccccc21. The number of aryl methyl sites for hydroxylation is 3. The number of amides is 1. The first-order valence-corrected chi connectivity index (χ1v) is 12.1. The van der Waals surface area contributed by atoms with Crippen molar-refractivity contribution in [2.75, 3.05) is 18.5 Å². The number of hydrogen-bond donors (Lipinski definition) is 1. The van der Waals surface area contributed by atoms with E-state index in [1.165, 1.54) is 0 Å². The van der Waals surface area contributed by atoms with E-state index in [9.17, 15) is 4.79 Å². The largest absolute Gasteiger partial charge is 0.382 e. The maximum Gasteiger partial charge on any atom is 0.227 e. The van der Waals surface area contributed by atoms with Gasteiger partial charge in [-0.15, -0.1) is 0 Å². The summed E-state index contributed by atoms with van der Waals surface area (Å²) in [5.41, 5.74) is 6.63. The number of ether oxygens (including phenoxy) is 1. The topological polar surface area (TPSA) is 86.3 Å². The van der Waals surface area contributed by atoms with Crippen molar-refractivity contribution in [3.05, 3.63) is 65.5 Å². The monoisotopic (exact) mass is 470 g/mol. The van der Waals surface area contributed by atoms with Crippen molar-refractivity contribution in [2.24, 2.45) is 0 Å². The average Bonchev–Trinajstić information content (AvgIpc) is 3.40. The van der Waals surface area contributed by atoms with Gasteiger partial charge in [-0.2, -0.15) is 5.10 Å². The van der Waals surface area contributed by atoms with Gasteiger partial charge in [-0.1, -0.05) is 24.3 Å². The van der Waals surface area contributed by atoms with Gasteiger partial charge in [0.25, 0.3) is 0 Å². The summed E-state index contributed by atoms with van der Waals surface area (Å²) in [5.74, 6) is 0.504. The predicted molar refractivity (Wildman–Crippen MR) is 138 cm³/mol. The molecule has 35 heavy (non-hydrogen) atoms. The summed E-state index contributed by atoms with van der Waals surface area (Å²) < 4.78 is 9.44. The van der Waals surface area contributed by atoms with Gasteiger partial charge in [0.2, 0.25) is 11.9 Å². The molecule has 5 rings (SSSR count). The first-order chi connectivity index (χ1) is 17.1. The van der Waals surface area contributed by atoms with Crippen LogP contribution >= 0.6 is 0 Å². The Morgan fingerprint density at radius 3 is 2.63 bits per heavy atom. The maximum atomic E-state index is 13.0. The molecule has 8 nitrogen and oxygen atoms in total. The van der Waals surface area contributed by atoms with Crippen LogP contribution in [0.4, 0.5) is 5.95 Å². The summed E-state index contributed by atoms with van der Waals surface area (Å²) >= 11 is 0. The Kier molecular flexibility index (Phi) is 6.46. The molecule has 3 aromatic heterocycles. The van der Waals surface area contributed by atoms with Crippen LogP contribution in [0.1, 0.15) is 36.7 Å². The van der Waals surface area contributed by atoms with Gasteiger partial charge in [0.1, 0.15) is 0 Å². The molecule has 1 N–H and O–H groups in total. The minimum Gasteiger partial charge on any atom is -0.382 e. The summed E-state index contributed by atoms with van der Waals surface area (Å²) in [4.78, 5) is 22.5. The molecule has 1 amide bonds. The molecule has 0 bridgehead atoms. The highest BCUT2D eigenvalue weighted by molar-refractivity contribution is 5.93. The lowest BCUT2D eigenvalue weighted by atomic mass is 10.1. The Bertz CT molecular complexity index is 1520. The summed E-state index contributed by atoms with van der Waals surface area (Å²) in [7, 11) is 0. The summed E-state index contributed by atoms with van der Waals surface area (Å²) in [6.07, 6.45) is 1.75. The number of benzene rings is 2. The van der Waals surface area contributed by atoms with E-state index in [1.54, 1.807) is 0 Å². The minimum atomic E-state index is -0.0733. The van der Waals surface area contributed by atoms with Crippen LogP contribution in [0.2, 0.25) is 0 Å². The highest BCUT2D eigenvalue weighted by Crippen LogP contribution is 2.24.